The average Bonchev–Trinajstić information content (AvgIpc) is 3.37. The van der Waals surface area contributed by atoms with Crippen LogP contribution in [0.2, 0.25) is 0 Å². The fourth-order valence-electron chi connectivity index (χ4n) is 10.2. The predicted octanol–water partition coefficient (Wildman–Crippen LogP) is 3.42. The van der Waals surface area contributed by atoms with E-state index in [0.29, 0.717) is 237 Å². The van der Waals surface area contributed by atoms with Gasteiger partial charge in [-0.2, -0.15) is 0 Å². The molecule has 9 saturated heterocycles. The second-order valence-corrected chi connectivity index (χ2v) is 33.0. The Morgan fingerprint density at radius 2 is 0.349 bits per heavy atom. The van der Waals surface area contributed by atoms with Crippen LogP contribution < -0.4 is 0 Å². The normalized spacial score (nSPS) is 29.2. The van der Waals surface area contributed by atoms with Gasteiger partial charge in [0.05, 0.1) is 0 Å². The van der Waals surface area contributed by atoms with Crippen LogP contribution in [0.25, 0.3) is 0 Å². The Balaban J connectivity index is 1.43. The van der Waals surface area contributed by atoms with Gasteiger partial charge in [-0.15, -0.1) is 0 Å². The molecule has 9 fully saturated rings. The molecular formula is C36H72Cl2N12O9P4. The minimum absolute atomic E-state index is 0.583. The van der Waals surface area contributed by atoms with Crippen molar-refractivity contribution in [3.63, 3.8) is 0 Å². The number of hydrogen-bond donors (Lipinski definition) is 0. The van der Waals surface area contributed by atoms with Gasteiger partial charge in [0.1, 0.15) is 0 Å². The zero-order valence-electron chi connectivity index (χ0n) is 37.0. The van der Waals surface area contributed by atoms with Gasteiger partial charge in [0.2, 0.25) is 0 Å². The van der Waals surface area contributed by atoms with Crippen molar-refractivity contribution >= 4 is 50.8 Å². The first-order chi connectivity index (χ1) is 30.9. The van der Waals surface area contributed by atoms with E-state index in [-0.39, 0.29) is 0 Å². The van der Waals surface area contributed by atoms with Crippen molar-refractivity contribution in [2.45, 2.75) is 0 Å². The minimum atomic E-state index is -5.24. The monoisotopic (exact) mass is 1010 g/mol. The number of morpholine rings is 9. The van der Waals surface area contributed by atoms with Crippen LogP contribution >= 0.6 is 50.8 Å². The van der Waals surface area contributed by atoms with Crippen molar-refractivity contribution in [1.29, 1.82) is 0 Å². The zero-order valence-corrected chi connectivity index (χ0v) is 42.1. The summed E-state index contributed by atoms with van der Waals surface area (Å²) >= 11 is 18.2. The third-order valence-electron chi connectivity index (χ3n) is 13.1. The molecule has 63 heavy (non-hydrogen) atoms. The van der Waals surface area contributed by atoms with E-state index in [1.54, 1.807) is 0 Å². The summed E-state index contributed by atoms with van der Waals surface area (Å²) in [6.45, 7) is 22.7. The second-order valence-electron chi connectivity index (χ2n) is 16.8. The Kier molecular flexibility index (Phi) is 17.4. The van der Waals surface area contributed by atoms with Crippen LogP contribution in [0, 0.1) is 0 Å². The molecule has 0 aliphatic carbocycles. The summed E-state index contributed by atoms with van der Waals surface area (Å²) in [7, 11) is -9.16. The summed E-state index contributed by atoms with van der Waals surface area (Å²) in [6.07, 6.45) is 0. The third kappa shape index (κ3) is 10.7. The topological polar surface area (TPSA) is 149 Å². The molecule has 0 atom stereocenters. The molecule has 364 valence electrons. The van der Waals surface area contributed by atoms with Gasteiger partial charge in [-0.05, 0) is 0 Å². The molecule has 0 bridgehead atoms. The molecule has 0 aromatic carbocycles. The van der Waals surface area contributed by atoms with Crippen LogP contribution in [0.4, 0.5) is 0 Å². The Labute approximate surface area is 384 Å². The van der Waals surface area contributed by atoms with E-state index in [0.717, 1.165) is 0 Å². The van der Waals surface area contributed by atoms with Crippen molar-refractivity contribution in [3.8, 4) is 0 Å². The Bertz CT molecular complexity index is 1310. The summed E-state index contributed by atoms with van der Waals surface area (Å²) in [6, 6.07) is 0. The number of ether oxygens (including phenoxy) is 9. The van der Waals surface area contributed by atoms with E-state index in [9.17, 15) is 0 Å². The van der Waals surface area contributed by atoms with E-state index in [4.69, 9.17) is 78.7 Å². The molecule has 9 rings (SSSR count). The molecule has 0 radical (unpaired) electrons. The fourth-order valence-corrected chi connectivity index (χ4v) is 34.8. The summed E-state index contributed by atoms with van der Waals surface area (Å²) in [5.74, 6) is -5.24. The Morgan fingerprint density at radius 1 is 0.238 bits per heavy atom. The molecule has 9 aliphatic heterocycles. The molecular weight excluding hydrogens is 939 g/mol. The number of rotatable bonds is 12. The molecule has 0 spiro atoms. The van der Waals surface area contributed by atoms with Crippen molar-refractivity contribution in [2.75, 3.05) is 237 Å². The molecule has 9 aliphatic rings. The van der Waals surface area contributed by atoms with Crippen LogP contribution in [-0.4, -0.2) is 279 Å². The summed E-state index contributed by atoms with van der Waals surface area (Å²) < 4.78 is 97.3. The Morgan fingerprint density at radius 3 is 0.460 bits per heavy atom. The van der Waals surface area contributed by atoms with Crippen LogP contribution in [0.3, 0.4) is 0 Å². The maximum atomic E-state index is 9.08. The van der Waals surface area contributed by atoms with E-state index in [2.05, 4.69) is 42.0 Å². The fraction of sp³-hybridized carbons (Fsp3) is 1.00. The zero-order chi connectivity index (χ0) is 43.1. The quantitative estimate of drug-likeness (QED) is 0.263. The molecule has 9 heterocycles. The van der Waals surface area contributed by atoms with E-state index in [1.807, 2.05) is 0 Å². The summed E-state index contributed by atoms with van der Waals surface area (Å²) in [5, 5.41) is 0. The number of nitrogens with zero attached hydrogens (tertiary/aromatic N) is 12. The summed E-state index contributed by atoms with van der Waals surface area (Å²) in [4.78, 5) is 0. The maximum absolute atomic E-state index is 9.08. The molecule has 0 saturated carbocycles. The van der Waals surface area contributed by atoms with Gasteiger partial charge in [0.25, 0.3) is 0 Å². The van der Waals surface area contributed by atoms with Gasteiger partial charge in [0.15, 0.2) is 0 Å². The van der Waals surface area contributed by atoms with Gasteiger partial charge in [-0.25, -0.2) is 0 Å². The second kappa shape index (κ2) is 22.4. The molecule has 27 heteroatoms. The number of halogens is 2. The third-order valence-corrected chi connectivity index (χ3v) is 33.6. The molecule has 0 aromatic heterocycles. The van der Waals surface area contributed by atoms with Crippen molar-refractivity contribution < 1.29 is 42.6 Å². The van der Waals surface area contributed by atoms with E-state index < -0.39 is 28.3 Å². The van der Waals surface area contributed by atoms with Gasteiger partial charge in [-0.3, -0.25) is 0 Å². The van der Waals surface area contributed by atoms with Gasteiger partial charge < -0.3 is 0 Å². The average molecular weight is 1010 g/mol. The van der Waals surface area contributed by atoms with Gasteiger partial charge >= 0.3 is 386 Å². The van der Waals surface area contributed by atoms with Crippen LogP contribution in [0.5, 0.6) is 0 Å². The first-order valence-electron chi connectivity index (χ1n) is 23.2. The molecule has 0 aromatic rings. The van der Waals surface area contributed by atoms with E-state index >= 15 is 0 Å². The van der Waals surface area contributed by atoms with Gasteiger partial charge in [0, 0.05) is 0 Å². The number of hydrogen-bond acceptors (Lipinski definition) is 12. The van der Waals surface area contributed by atoms with Crippen LogP contribution in [0.15, 0.2) is 13.5 Å². The SMILES string of the molecule is ClP(Cl)(N=P(N1CCOCC1)(N1CCOCC1)N1CCOCC1)(N=P(N1CCOCC1)(N1CCOCC1)N1CCOCC1)N=P(N1CCOCC1)(N1CCOCC1)N1CCOCC1. The standard InChI is InChI=1S/C36H72Cl2N12O9P4/c37-63(38,39-60(42-1-19-51-20-2-42,43-3-21-52-22-4-43)44-5-23-53-24-6-44,40-61(45-7-25-54-26-8-45,46-9-27-55-28-10-46)47-11-29-56-30-12-47)41-62(48-13-31-57-32-14-48,49-15-33-58-34-16-49)50-17-35-59-36-18-50/h1-36H2. The van der Waals surface area contributed by atoms with Gasteiger partial charge in [-0.1, -0.05) is 0 Å². The molecule has 0 unspecified atom stereocenters. The van der Waals surface area contributed by atoms with E-state index in [1.165, 1.54) is 0 Å². The molecule has 21 nitrogen and oxygen atoms in total. The first kappa shape index (κ1) is 49.0. The van der Waals surface area contributed by atoms with Crippen molar-refractivity contribution in [1.82, 2.24) is 42.0 Å². The Hall–Kier alpha value is 0.980. The predicted molar refractivity (Wildman–Crippen MR) is 248 cm³/mol. The van der Waals surface area contributed by atoms with Crippen molar-refractivity contribution in [3.05, 3.63) is 0 Å². The van der Waals surface area contributed by atoms with Crippen molar-refractivity contribution in [2.24, 2.45) is 13.5 Å². The molecule has 0 N–H and O–H groups in total. The molecule has 0 amide bonds. The van der Waals surface area contributed by atoms with Crippen LogP contribution in [0.1, 0.15) is 0 Å². The summed E-state index contributed by atoms with van der Waals surface area (Å²) in [5.41, 5.74) is 0. The van der Waals surface area contributed by atoms with Crippen LogP contribution in [-0.2, 0) is 42.6 Å². The first-order valence-corrected chi connectivity index (χ1v) is 31.9.